The van der Waals surface area contributed by atoms with Gasteiger partial charge in [-0.3, -0.25) is 9.69 Å². The number of likely N-dealkylation sites (tertiary alicyclic amines) is 2. The second kappa shape index (κ2) is 7.62. The maximum atomic E-state index is 13.3. The number of carbonyl (C=O) groups is 1. The first-order valence-corrected chi connectivity index (χ1v) is 8.89. The molecule has 1 amide bonds. The summed E-state index contributed by atoms with van der Waals surface area (Å²) in [5.41, 5.74) is 1.06. The van der Waals surface area contributed by atoms with Crippen LogP contribution >= 0.6 is 0 Å². The Kier molecular flexibility index (Phi) is 5.51. The van der Waals surface area contributed by atoms with E-state index in [0.717, 1.165) is 57.4 Å². The van der Waals surface area contributed by atoms with E-state index in [9.17, 15) is 9.18 Å². The molecule has 2 heterocycles. The van der Waals surface area contributed by atoms with Crippen molar-refractivity contribution in [3.05, 3.63) is 35.6 Å². The first-order valence-electron chi connectivity index (χ1n) is 8.89. The van der Waals surface area contributed by atoms with E-state index in [1.807, 2.05) is 6.07 Å². The van der Waals surface area contributed by atoms with E-state index in [0.29, 0.717) is 13.0 Å². The van der Waals surface area contributed by atoms with Crippen LogP contribution in [0.5, 0.6) is 0 Å². The molecule has 2 saturated heterocycles. The number of methoxy groups -OCH3 is 1. The fourth-order valence-corrected chi connectivity index (χ4v) is 4.19. The smallest absolute Gasteiger partial charge is 0.225 e. The van der Waals surface area contributed by atoms with Crippen molar-refractivity contribution < 1.29 is 13.9 Å². The van der Waals surface area contributed by atoms with Gasteiger partial charge in [-0.25, -0.2) is 4.39 Å². The Morgan fingerprint density at radius 1 is 1.25 bits per heavy atom. The number of rotatable bonds is 5. The molecule has 4 nitrogen and oxygen atoms in total. The van der Waals surface area contributed by atoms with Gasteiger partial charge in [0.25, 0.3) is 0 Å². The number of nitrogens with zero attached hydrogens (tertiary/aromatic N) is 2. The van der Waals surface area contributed by atoms with Crippen molar-refractivity contribution in [1.29, 1.82) is 0 Å². The zero-order valence-electron chi connectivity index (χ0n) is 14.5. The van der Waals surface area contributed by atoms with E-state index in [4.69, 9.17) is 4.74 Å². The van der Waals surface area contributed by atoms with Gasteiger partial charge >= 0.3 is 0 Å². The number of ether oxygens (including phenoxy) is 1. The van der Waals surface area contributed by atoms with Crippen molar-refractivity contribution >= 4 is 5.91 Å². The van der Waals surface area contributed by atoms with Crippen molar-refractivity contribution in [1.82, 2.24) is 9.80 Å². The molecule has 0 radical (unpaired) electrons. The van der Waals surface area contributed by atoms with Crippen LogP contribution in [0.4, 0.5) is 4.39 Å². The number of piperidine rings is 1. The molecule has 0 N–H and O–H groups in total. The zero-order chi connectivity index (χ0) is 17.0. The number of amides is 1. The van der Waals surface area contributed by atoms with Crippen LogP contribution in [0.15, 0.2) is 24.3 Å². The summed E-state index contributed by atoms with van der Waals surface area (Å²) in [5.74, 6) is 0.0552. The third-order valence-electron chi connectivity index (χ3n) is 5.50. The third-order valence-corrected chi connectivity index (χ3v) is 5.50. The maximum Gasteiger partial charge on any atom is 0.225 e. The monoisotopic (exact) mass is 334 g/mol. The lowest BCUT2D eigenvalue weighted by atomic mass is 9.84. The van der Waals surface area contributed by atoms with Crippen LogP contribution in [0.2, 0.25) is 0 Å². The Morgan fingerprint density at radius 2 is 2.04 bits per heavy atom. The molecule has 24 heavy (non-hydrogen) atoms. The Hall–Kier alpha value is -1.46. The topological polar surface area (TPSA) is 32.8 Å². The molecule has 2 aliphatic rings. The van der Waals surface area contributed by atoms with Gasteiger partial charge in [0.2, 0.25) is 5.91 Å². The molecule has 0 aliphatic carbocycles. The maximum absolute atomic E-state index is 13.3. The molecule has 5 heteroatoms. The fraction of sp³-hybridized carbons (Fsp3) is 0.632. The molecule has 0 unspecified atom stereocenters. The van der Waals surface area contributed by atoms with Crippen LogP contribution < -0.4 is 0 Å². The van der Waals surface area contributed by atoms with Crippen molar-refractivity contribution in [2.75, 3.05) is 33.4 Å². The van der Waals surface area contributed by atoms with E-state index in [1.165, 1.54) is 6.07 Å². The van der Waals surface area contributed by atoms with Crippen molar-refractivity contribution in [3.63, 3.8) is 0 Å². The molecule has 132 valence electrons. The summed E-state index contributed by atoms with van der Waals surface area (Å²) >= 11 is 0. The minimum absolute atomic E-state index is 0.0449. The lowest BCUT2D eigenvalue weighted by Crippen LogP contribution is -2.54. The van der Waals surface area contributed by atoms with Crippen LogP contribution in [-0.4, -0.2) is 54.6 Å². The molecule has 0 atom stereocenters. The van der Waals surface area contributed by atoms with E-state index >= 15 is 0 Å². The second-order valence-corrected chi connectivity index (χ2v) is 7.02. The van der Waals surface area contributed by atoms with Gasteiger partial charge in [-0.15, -0.1) is 0 Å². The van der Waals surface area contributed by atoms with E-state index in [2.05, 4.69) is 9.80 Å². The Morgan fingerprint density at radius 3 is 2.75 bits per heavy atom. The summed E-state index contributed by atoms with van der Waals surface area (Å²) in [7, 11) is 1.64. The summed E-state index contributed by atoms with van der Waals surface area (Å²) in [5, 5.41) is 0. The lowest BCUT2D eigenvalue weighted by molar-refractivity contribution is -0.138. The highest BCUT2D eigenvalue weighted by Crippen LogP contribution is 2.39. The molecular formula is C19H27FN2O2. The lowest BCUT2D eigenvalue weighted by Gasteiger charge is -2.45. The molecule has 0 aromatic heterocycles. The highest BCUT2D eigenvalue weighted by molar-refractivity contribution is 5.77. The summed E-state index contributed by atoms with van der Waals surface area (Å²) in [6, 6.07) is 6.84. The minimum atomic E-state index is -0.174. The predicted octanol–water partition coefficient (Wildman–Crippen LogP) is 2.82. The van der Waals surface area contributed by atoms with Crippen molar-refractivity contribution in [2.45, 2.75) is 44.2 Å². The first-order chi connectivity index (χ1) is 11.6. The van der Waals surface area contributed by atoms with Gasteiger partial charge in [0, 0.05) is 38.8 Å². The highest BCUT2D eigenvalue weighted by Gasteiger charge is 2.44. The molecular weight excluding hydrogens is 307 g/mol. The van der Waals surface area contributed by atoms with Gasteiger partial charge in [-0.1, -0.05) is 12.1 Å². The molecule has 0 bridgehead atoms. The molecule has 1 spiro atoms. The normalized spacial score (nSPS) is 20.7. The van der Waals surface area contributed by atoms with Gasteiger partial charge < -0.3 is 9.64 Å². The van der Waals surface area contributed by atoms with Gasteiger partial charge in [-0.05, 0) is 43.4 Å². The minimum Gasteiger partial charge on any atom is -0.384 e. The molecule has 3 rings (SSSR count). The molecule has 2 fully saturated rings. The van der Waals surface area contributed by atoms with Gasteiger partial charge in [-0.2, -0.15) is 0 Å². The average molecular weight is 334 g/mol. The quantitative estimate of drug-likeness (QED) is 0.830. The number of halogens is 1. The van der Waals surface area contributed by atoms with E-state index in [-0.39, 0.29) is 17.3 Å². The average Bonchev–Trinajstić information content (AvgIpc) is 2.98. The van der Waals surface area contributed by atoms with Crippen LogP contribution in [0.25, 0.3) is 0 Å². The first kappa shape index (κ1) is 17.4. The van der Waals surface area contributed by atoms with Gasteiger partial charge in [0.05, 0.1) is 13.0 Å². The molecule has 1 aromatic rings. The number of hydrogen-bond acceptors (Lipinski definition) is 3. The van der Waals surface area contributed by atoms with E-state index < -0.39 is 0 Å². The summed E-state index contributed by atoms with van der Waals surface area (Å²) in [4.78, 5) is 17.0. The fourth-order valence-electron chi connectivity index (χ4n) is 4.19. The van der Waals surface area contributed by atoms with Crippen LogP contribution in [-0.2, 0) is 16.1 Å². The summed E-state index contributed by atoms with van der Waals surface area (Å²) in [6.07, 6.45) is 4.72. The predicted molar refractivity (Wildman–Crippen MR) is 91.1 cm³/mol. The largest absolute Gasteiger partial charge is 0.384 e. The van der Waals surface area contributed by atoms with Crippen molar-refractivity contribution in [3.8, 4) is 0 Å². The summed E-state index contributed by atoms with van der Waals surface area (Å²) in [6.45, 7) is 4.09. The Labute approximate surface area is 143 Å². The van der Waals surface area contributed by atoms with Gasteiger partial charge in [0.15, 0.2) is 0 Å². The Bertz CT molecular complexity index is 570. The SMILES string of the molecule is COCCC(=O)N1CCCC12CCN(Cc1cccc(F)c1)CC2. The number of carbonyl (C=O) groups excluding carboxylic acids is 1. The van der Waals surface area contributed by atoms with Crippen LogP contribution in [0, 0.1) is 5.82 Å². The van der Waals surface area contributed by atoms with Crippen LogP contribution in [0.1, 0.15) is 37.7 Å². The summed E-state index contributed by atoms with van der Waals surface area (Å²) < 4.78 is 18.4. The van der Waals surface area contributed by atoms with Crippen molar-refractivity contribution in [2.24, 2.45) is 0 Å². The molecule has 2 aliphatic heterocycles. The second-order valence-electron chi connectivity index (χ2n) is 7.02. The molecule has 1 aromatic carbocycles. The third kappa shape index (κ3) is 3.78. The number of benzene rings is 1. The van der Waals surface area contributed by atoms with Gasteiger partial charge in [0.1, 0.15) is 5.82 Å². The Balaban J connectivity index is 1.58. The standard InChI is InChI=1S/C19H27FN2O2/c1-24-13-6-18(23)22-10-3-7-19(22)8-11-21(12-9-19)15-16-4-2-5-17(20)14-16/h2,4-5,14H,3,6-13,15H2,1H3. The zero-order valence-corrected chi connectivity index (χ0v) is 14.5. The van der Waals surface area contributed by atoms with E-state index in [1.54, 1.807) is 19.2 Å². The number of hydrogen-bond donors (Lipinski definition) is 0. The highest BCUT2D eigenvalue weighted by atomic mass is 19.1. The molecule has 0 saturated carbocycles. The van der Waals surface area contributed by atoms with Crippen LogP contribution in [0.3, 0.4) is 0 Å².